The summed E-state index contributed by atoms with van der Waals surface area (Å²) in [5.74, 6) is -0.567. The monoisotopic (exact) mass is 389 g/mol. The van der Waals surface area contributed by atoms with Crippen LogP contribution in [-0.4, -0.2) is 23.1 Å². The smallest absolute Gasteiger partial charge is 0.240 e. The van der Waals surface area contributed by atoms with Crippen LogP contribution in [0, 0.1) is 0 Å². The molecule has 0 aliphatic rings. The van der Waals surface area contributed by atoms with E-state index < -0.39 is 0 Å². The largest absolute Gasteiger partial charge is 0.507 e. The van der Waals surface area contributed by atoms with Crippen molar-refractivity contribution in [3.05, 3.63) is 58.6 Å². The Balaban J connectivity index is 1.75. The summed E-state index contributed by atoms with van der Waals surface area (Å²) >= 11 is 3.32. The summed E-state index contributed by atoms with van der Waals surface area (Å²) in [5, 5.41) is 16.0. The van der Waals surface area contributed by atoms with E-state index in [9.17, 15) is 14.7 Å². The van der Waals surface area contributed by atoms with Crippen molar-refractivity contribution < 1.29 is 14.7 Å². The van der Waals surface area contributed by atoms with Crippen molar-refractivity contribution in [1.29, 1.82) is 0 Å². The van der Waals surface area contributed by atoms with Crippen LogP contribution in [0.4, 0.5) is 5.69 Å². The number of hydrogen-bond donors (Lipinski definition) is 3. The summed E-state index contributed by atoms with van der Waals surface area (Å²) in [6.45, 7) is 0. The highest BCUT2D eigenvalue weighted by molar-refractivity contribution is 9.10. The van der Waals surface area contributed by atoms with Crippen molar-refractivity contribution in [1.82, 2.24) is 5.43 Å². The van der Waals surface area contributed by atoms with E-state index in [1.54, 1.807) is 36.4 Å². The van der Waals surface area contributed by atoms with Crippen LogP contribution in [0.1, 0.15) is 18.4 Å². The Kier molecular flexibility index (Phi) is 6.51. The molecule has 2 aromatic rings. The van der Waals surface area contributed by atoms with Gasteiger partial charge in [-0.15, -0.1) is 0 Å². The molecular formula is C17H16BrN3O3. The highest BCUT2D eigenvalue weighted by Crippen LogP contribution is 2.16. The van der Waals surface area contributed by atoms with E-state index in [1.165, 1.54) is 12.3 Å². The summed E-state index contributed by atoms with van der Waals surface area (Å²) in [5.41, 5.74) is 3.47. The zero-order chi connectivity index (χ0) is 17.4. The number of anilines is 1. The second-order valence-corrected chi connectivity index (χ2v) is 5.83. The van der Waals surface area contributed by atoms with Crippen molar-refractivity contribution in [2.24, 2.45) is 5.10 Å². The molecule has 2 rings (SSSR count). The minimum atomic E-state index is -0.383. The van der Waals surface area contributed by atoms with Crippen molar-refractivity contribution in [3.8, 4) is 5.75 Å². The fourth-order valence-electron chi connectivity index (χ4n) is 1.84. The number of hydrazone groups is 1. The number of halogens is 1. The fraction of sp³-hybridized carbons (Fsp3) is 0.118. The number of benzene rings is 2. The van der Waals surface area contributed by atoms with Crippen LogP contribution < -0.4 is 10.7 Å². The van der Waals surface area contributed by atoms with Gasteiger partial charge in [0.1, 0.15) is 5.75 Å². The van der Waals surface area contributed by atoms with Gasteiger partial charge in [0.05, 0.1) is 6.21 Å². The first kappa shape index (κ1) is 17.7. The average molecular weight is 390 g/mol. The number of hydrogen-bond acceptors (Lipinski definition) is 4. The number of aromatic hydroxyl groups is 1. The first-order valence-corrected chi connectivity index (χ1v) is 7.99. The molecule has 3 N–H and O–H groups in total. The molecule has 7 heteroatoms. The van der Waals surface area contributed by atoms with E-state index in [4.69, 9.17) is 0 Å². The Morgan fingerprint density at radius 2 is 1.83 bits per heavy atom. The predicted molar refractivity (Wildman–Crippen MR) is 95.8 cm³/mol. The van der Waals surface area contributed by atoms with Gasteiger partial charge < -0.3 is 10.4 Å². The summed E-state index contributed by atoms with van der Waals surface area (Å²) in [7, 11) is 0. The number of rotatable bonds is 6. The molecule has 0 bridgehead atoms. The molecule has 0 saturated carbocycles. The van der Waals surface area contributed by atoms with Crippen molar-refractivity contribution in [3.63, 3.8) is 0 Å². The lowest BCUT2D eigenvalue weighted by Gasteiger charge is -2.05. The van der Waals surface area contributed by atoms with Crippen molar-refractivity contribution >= 4 is 39.6 Å². The van der Waals surface area contributed by atoms with Crippen LogP contribution in [0.5, 0.6) is 5.75 Å². The molecule has 0 atom stereocenters. The lowest BCUT2D eigenvalue weighted by Crippen LogP contribution is -2.20. The standard InChI is InChI=1S/C17H16BrN3O3/c18-13-5-3-6-14(10-13)20-16(23)8-9-17(24)21-19-11-12-4-1-2-7-15(12)22/h1-7,10-11,22H,8-9H2,(H,20,23)(H,21,24)/b19-11+. The van der Waals surface area contributed by atoms with Gasteiger partial charge in [-0.25, -0.2) is 5.43 Å². The fourth-order valence-corrected chi connectivity index (χ4v) is 2.24. The van der Waals surface area contributed by atoms with E-state index in [0.29, 0.717) is 11.3 Å². The number of nitrogens with one attached hydrogen (secondary N) is 2. The molecule has 6 nitrogen and oxygen atoms in total. The zero-order valence-corrected chi connectivity index (χ0v) is 14.3. The lowest BCUT2D eigenvalue weighted by molar-refractivity contribution is -0.124. The van der Waals surface area contributed by atoms with Crippen LogP contribution in [0.2, 0.25) is 0 Å². The van der Waals surface area contributed by atoms with Gasteiger partial charge in [-0.1, -0.05) is 34.1 Å². The first-order chi connectivity index (χ1) is 11.5. The predicted octanol–water partition coefficient (Wildman–Crippen LogP) is 3.02. The average Bonchev–Trinajstić information content (AvgIpc) is 2.55. The van der Waals surface area contributed by atoms with Gasteiger partial charge >= 0.3 is 0 Å². The Bertz CT molecular complexity index is 762. The number of carbonyl (C=O) groups is 2. The maximum atomic E-state index is 11.8. The van der Waals surface area contributed by atoms with E-state index in [-0.39, 0.29) is 30.4 Å². The molecule has 2 aromatic carbocycles. The number of phenolic OH excluding ortho intramolecular Hbond substituents is 1. The van der Waals surface area contributed by atoms with Crippen LogP contribution >= 0.6 is 15.9 Å². The number of phenols is 1. The zero-order valence-electron chi connectivity index (χ0n) is 12.7. The van der Waals surface area contributed by atoms with Crippen LogP contribution in [0.25, 0.3) is 0 Å². The molecular weight excluding hydrogens is 374 g/mol. The molecule has 0 aliphatic heterocycles. The molecule has 0 unspecified atom stereocenters. The van der Waals surface area contributed by atoms with Gasteiger partial charge in [0, 0.05) is 28.6 Å². The van der Waals surface area contributed by atoms with E-state index in [0.717, 1.165) is 4.47 Å². The highest BCUT2D eigenvalue weighted by atomic mass is 79.9. The number of nitrogens with zero attached hydrogens (tertiary/aromatic N) is 1. The Morgan fingerprint density at radius 1 is 1.08 bits per heavy atom. The highest BCUT2D eigenvalue weighted by Gasteiger charge is 2.07. The quantitative estimate of drug-likeness (QED) is 0.523. The molecule has 0 radical (unpaired) electrons. The molecule has 124 valence electrons. The maximum absolute atomic E-state index is 11.8. The number of amides is 2. The first-order valence-electron chi connectivity index (χ1n) is 7.20. The third-order valence-electron chi connectivity index (χ3n) is 3.02. The van der Waals surface area contributed by atoms with Gasteiger partial charge in [-0.3, -0.25) is 9.59 Å². The number of para-hydroxylation sites is 1. The molecule has 0 heterocycles. The molecule has 0 saturated heterocycles. The van der Waals surface area contributed by atoms with Gasteiger partial charge in [0.15, 0.2) is 0 Å². The van der Waals surface area contributed by atoms with Crippen molar-refractivity contribution in [2.75, 3.05) is 5.32 Å². The van der Waals surface area contributed by atoms with Gasteiger partial charge in [0.25, 0.3) is 0 Å². The van der Waals surface area contributed by atoms with E-state index in [1.807, 2.05) is 6.07 Å². The lowest BCUT2D eigenvalue weighted by atomic mass is 10.2. The second-order valence-electron chi connectivity index (χ2n) is 4.91. The Hall–Kier alpha value is -2.67. The van der Waals surface area contributed by atoms with E-state index in [2.05, 4.69) is 31.8 Å². The number of carbonyl (C=O) groups excluding carboxylic acids is 2. The van der Waals surface area contributed by atoms with Crippen LogP contribution in [0.3, 0.4) is 0 Å². The summed E-state index contributed by atoms with van der Waals surface area (Å²) in [6, 6.07) is 13.8. The molecule has 0 spiro atoms. The Morgan fingerprint density at radius 3 is 2.58 bits per heavy atom. The summed E-state index contributed by atoms with van der Waals surface area (Å²) in [6.07, 6.45) is 1.40. The third-order valence-corrected chi connectivity index (χ3v) is 3.51. The summed E-state index contributed by atoms with van der Waals surface area (Å²) < 4.78 is 0.858. The molecule has 0 aromatic heterocycles. The van der Waals surface area contributed by atoms with Gasteiger partial charge in [0.2, 0.25) is 11.8 Å². The Labute approximate surface area is 147 Å². The van der Waals surface area contributed by atoms with E-state index >= 15 is 0 Å². The maximum Gasteiger partial charge on any atom is 0.240 e. The van der Waals surface area contributed by atoms with Gasteiger partial charge in [-0.2, -0.15) is 5.10 Å². The minimum absolute atomic E-state index is 0.0119. The normalized spacial score (nSPS) is 10.5. The van der Waals surface area contributed by atoms with Crippen LogP contribution in [0.15, 0.2) is 58.1 Å². The van der Waals surface area contributed by atoms with Gasteiger partial charge in [-0.05, 0) is 30.3 Å². The van der Waals surface area contributed by atoms with Crippen molar-refractivity contribution in [2.45, 2.75) is 12.8 Å². The minimum Gasteiger partial charge on any atom is -0.507 e. The van der Waals surface area contributed by atoms with Crippen LogP contribution in [-0.2, 0) is 9.59 Å². The summed E-state index contributed by atoms with van der Waals surface area (Å²) in [4.78, 5) is 23.4. The molecule has 0 aliphatic carbocycles. The molecule has 2 amide bonds. The SMILES string of the molecule is O=C(CCC(=O)Nc1cccc(Br)c1)N/N=C/c1ccccc1O. The molecule has 0 fully saturated rings. The topological polar surface area (TPSA) is 90.8 Å². The second kappa shape index (κ2) is 8.83. The molecule has 24 heavy (non-hydrogen) atoms. The third kappa shape index (κ3) is 5.85.